The van der Waals surface area contributed by atoms with E-state index in [1.54, 1.807) is 0 Å². The molecule has 0 aromatic heterocycles. The summed E-state index contributed by atoms with van der Waals surface area (Å²) in [6.45, 7) is 3.64. The summed E-state index contributed by atoms with van der Waals surface area (Å²) in [5, 5.41) is 0. The van der Waals surface area contributed by atoms with Gasteiger partial charge in [-0.25, -0.2) is 0 Å². The Morgan fingerprint density at radius 1 is 0.667 bits per heavy atom. The fraction of sp³-hybridized carbons (Fsp3) is 0.455. The van der Waals surface area contributed by atoms with Gasteiger partial charge in [-0.05, 0) is 49.9 Å². The lowest BCUT2D eigenvalue weighted by Gasteiger charge is -2.37. The van der Waals surface area contributed by atoms with Crippen molar-refractivity contribution in [2.45, 2.75) is 44.2 Å². The normalized spacial score (nSPS) is 25.8. The number of benzene rings is 2. The van der Waals surface area contributed by atoms with E-state index in [-0.39, 0.29) is 0 Å². The van der Waals surface area contributed by atoms with Gasteiger partial charge in [-0.3, -0.25) is 9.80 Å². The molecular weight excluding hydrogens is 292 g/mol. The molecule has 2 nitrogen and oxygen atoms in total. The van der Waals surface area contributed by atoms with Crippen molar-refractivity contribution >= 4 is 0 Å². The minimum Gasteiger partial charge on any atom is -0.290 e. The van der Waals surface area contributed by atoms with Crippen LogP contribution in [0.1, 0.15) is 55.3 Å². The lowest BCUT2D eigenvalue weighted by Crippen LogP contribution is -2.41. The Labute approximate surface area is 146 Å². The molecule has 24 heavy (non-hydrogen) atoms. The molecule has 2 heterocycles. The van der Waals surface area contributed by atoms with Gasteiger partial charge in [-0.1, -0.05) is 67.1 Å². The molecule has 0 aliphatic carbocycles. The van der Waals surface area contributed by atoms with Crippen LogP contribution in [0.2, 0.25) is 0 Å². The number of likely N-dealkylation sites (tertiary alicyclic amines) is 2. The predicted molar refractivity (Wildman–Crippen MR) is 99.7 cm³/mol. The zero-order valence-corrected chi connectivity index (χ0v) is 14.5. The summed E-state index contributed by atoms with van der Waals surface area (Å²) in [5.41, 5.74) is 2.96. The summed E-state index contributed by atoms with van der Waals surface area (Å²) < 4.78 is 0. The van der Waals surface area contributed by atoms with Crippen molar-refractivity contribution in [3.63, 3.8) is 0 Å². The maximum absolute atomic E-state index is 2.76. The number of hydrogen-bond acceptors (Lipinski definition) is 2. The van der Waals surface area contributed by atoms with Gasteiger partial charge >= 0.3 is 0 Å². The van der Waals surface area contributed by atoms with Gasteiger partial charge in [-0.2, -0.15) is 0 Å². The van der Waals surface area contributed by atoms with Crippen LogP contribution >= 0.6 is 0 Å². The summed E-state index contributed by atoms with van der Waals surface area (Å²) in [7, 11) is 0. The quantitative estimate of drug-likeness (QED) is 0.781. The molecule has 4 rings (SSSR count). The molecule has 2 aliphatic heterocycles. The minimum absolute atomic E-state index is 0.554. The molecule has 0 radical (unpaired) electrons. The Morgan fingerprint density at radius 3 is 1.67 bits per heavy atom. The van der Waals surface area contributed by atoms with Crippen LogP contribution in [0.3, 0.4) is 0 Å². The first kappa shape index (κ1) is 15.9. The molecule has 0 amide bonds. The van der Waals surface area contributed by atoms with E-state index in [1.165, 1.54) is 56.3 Å². The van der Waals surface area contributed by atoms with E-state index in [4.69, 9.17) is 0 Å². The smallest absolute Gasteiger partial charge is 0.0517 e. The molecular formula is C22H28N2. The minimum atomic E-state index is 0.554. The van der Waals surface area contributed by atoms with Crippen LogP contribution in [-0.4, -0.2) is 29.6 Å². The van der Waals surface area contributed by atoms with Crippen molar-refractivity contribution < 1.29 is 0 Å². The first-order valence-corrected chi connectivity index (χ1v) is 9.50. The number of piperidine rings is 1. The first-order chi connectivity index (χ1) is 11.9. The molecule has 2 heteroatoms. The molecule has 2 aromatic rings. The van der Waals surface area contributed by atoms with Gasteiger partial charge in [0.2, 0.25) is 0 Å². The van der Waals surface area contributed by atoms with Gasteiger partial charge in [0, 0.05) is 12.1 Å². The van der Waals surface area contributed by atoms with Crippen LogP contribution in [0.4, 0.5) is 0 Å². The van der Waals surface area contributed by atoms with Crippen molar-refractivity contribution in [1.82, 2.24) is 9.80 Å². The highest BCUT2D eigenvalue weighted by Gasteiger charge is 2.36. The number of hydrogen-bond donors (Lipinski definition) is 0. The second kappa shape index (κ2) is 7.50. The Bertz CT molecular complexity index is 571. The van der Waals surface area contributed by atoms with Crippen molar-refractivity contribution in [3.05, 3.63) is 71.8 Å². The monoisotopic (exact) mass is 320 g/mol. The highest BCUT2D eigenvalue weighted by molar-refractivity contribution is 5.25. The van der Waals surface area contributed by atoms with Crippen LogP contribution in [-0.2, 0) is 0 Å². The van der Waals surface area contributed by atoms with E-state index < -0.39 is 0 Å². The third kappa shape index (κ3) is 3.40. The second-order valence-electron chi connectivity index (χ2n) is 7.26. The summed E-state index contributed by atoms with van der Waals surface area (Å²) in [6, 6.07) is 23.3. The van der Waals surface area contributed by atoms with E-state index in [0.29, 0.717) is 12.1 Å². The molecule has 2 atom stereocenters. The molecule has 0 unspecified atom stereocenters. The van der Waals surface area contributed by atoms with Crippen LogP contribution in [0.25, 0.3) is 0 Å². The van der Waals surface area contributed by atoms with E-state index in [2.05, 4.69) is 70.5 Å². The zero-order chi connectivity index (χ0) is 16.2. The molecule has 0 spiro atoms. The number of rotatable bonds is 4. The van der Waals surface area contributed by atoms with Crippen LogP contribution < -0.4 is 0 Å². The summed E-state index contributed by atoms with van der Waals surface area (Å²) in [6.07, 6.45) is 6.65. The van der Waals surface area contributed by atoms with E-state index in [9.17, 15) is 0 Å². The standard InChI is InChI=1S/C22H28N2/c1-4-10-19(11-5-1)21-14-15-22(20-12-6-2-7-13-20)24(21)18-23-16-8-3-9-17-23/h1-2,4-7,10-13,21-22H,3,8-9,14-18H2/t21-,22-/m1/s1. The zero-order valence-electron chi connectivity index (χ0n) is 14.5. The van der Waals surface area contributed by atoms with Crippen LogP contribution in [0, 0.1) is 0 Å². The van der Waals surface area contributed by atoms with Gasteiger partial charge in [0.05, 0.1) is 6.67 Å². The lowest BCUT2D eigenvalue weighted by atomic mass is 10.0. The van der Waals surface area contributed by atoms with Gasteiger partial charge in [0.15, 0.2) is 0 Å². The SMILES string of the molecule is c1ccc([C@H]2CC[C@H](c3ccccc3)N2CN2CCCCC2)cc1. The van der Waals surface area contributed by atoms with Crippen molar-refractivity contribution in [3.8, 4) is 0 Å². The molecule has 0 saturated carbocycles. The topological polar surface area (TPSA) is 6.48 Å². The average Bonchev–Trinajstić information content (AvgIpc) is 3.07. The molecule has 126 valence electrons. The van der Waals surface area contributed by atoms with Crippen LogP contribution in [0.5, 0.6) is 0 Å². The van der Waals surface area contributed by atoms with Crippen molar-refractivity contribution in [1.29, 1.82) is 0 Å². The fourth-order valence-electron chi connectivity index (χ4n) is 4.46. The van der Waals surface area contributed by atoms with Crippen molar-refractivity contribution in [2.75, 3.05) is 19.8 Å². The van der Waals surface area contributed by atoms with Gasteiger partial charge < -0.3 is 0 Å². The van der Waals surface area contributed by atoms with Crippen molar-refractivity contribution in [2.24, 2.45) is 0 Å². The Morgan fingerprint density at radius 2 is 1.17 bits per heavy atom. The molecule has 2 saturated heterocycles. The summed E-state index contributed by atoms with van der Waals surface area (Å²) >= 11 is 0. The van der Waals surface area contributed by atoms with Gasteiger partial charge in [0.1, 0.15) is 0 Å². The second-order valence-corrected chi connectivity index (χ2v) is 7.26. The number of nitrogens with zero attached hydrogens (tertiary/aromatic N) is 2. The largest absolute Gasteiger partial charge is 0.290 e. The van der Waals surface area contributed by atoms with E-state index in [1.807, 2.05) is 0 Å². The summed E-state index contributed by atoms with van der Waals surface area (Å²) in [5.74, 6) is 0. The highest BCUT2D eigenvalue weighted by atomic mass is 15.3. The molecule has 0 N–H and O–H groups in total. The summed E-state index contributed by atoms with van der Waals surface area (Å²) in [4.78, 5) is 5.43. The highest BCUT2D eigenvalue weighted by Crippen LogP contribution is 2.43. The Balaban J connectivity index is 1.59. The Kier molecular flexibility index (Phi) is 4.96. The van der Waals surface area contributed by atoms with Gasteiger partial charge in [0.25, 0.3) is 0 Å². The van der Waals surface area contributed by atoms with Crippen LogP contribution in [0.15, 0.2) is 60.7 Å². The van der Waals surface area contributed by atoms with E-state index in [0.717, 1.165) is 6.67 Å². The molecule has 2 aromatic carbocycles. The fourth-order valence-corrected chi connectivity index (χ4v) is 4.46. The third-order valence-electron chi connectivity index (χ3n) is 5.69. The third-order valence-corrected chi connectivity index (χ3v) is 5.69. The Hall–Kier alpha value is -1.64. The maximum Gasteiger partial charge on any atom is 0.0517 e. The van der Waals surface area contributed by atoms with Gasteiger partial charge in [-0.15, -0.1) is 0 Å². The molecule has 0 bridgehead atoms. The van der Waals surface area contributed by atoms with E-state index >= 15 is 0 Å². The predicted octanol–water partition coefficient (Wildman–Crippen LogP) is 5.01. The molecule has 2 fully saturated rings. The molecule has 2 aliphatic rings. The maximum atomic E-state index is 2.76. The lowest BCUT2D eigenvalue weighted by molar-refractivity contribution is 0.0743. The average molecular weight is 320 g/mol. The first-order valence-electron chi connectivity index (χ1n) is 9.50.